The van der Waals surface area contributed by atoms with Gasteiger partial charge in [0.2, 0.25) is 5.91 Å². The van der Waals surface area contributed by atoms with E-state index in [0.717, 1.165) is 32.4 Å². The Morgan fingerprint density at radius 3 is 2.25 bits per heavy atom. The van der Waals surface area contributed by atoms with Crippen molar-refractivity contribution in [3.05, 3.63) is 0 Å². The molecule has 3 heteroatoms. The van der Waals surface area contributed by atoms with Crippen molar-refractivity contribution in [2.24, 2.45) is 0 Å². The van der Waals surface area contributed by atoms with Gasteiger partial charge < -0.3 is 9.80 Å². The first-order chi connectivity index (χ1) is 5.64. The zero-order valence-corrected chi connectivity index (χ0v) is 7.84. The van der Waals surface area contributed by atoms with Gasteiger partial charge in [0, 0.05) is 20.1 Å². The van der Waals surface area contributed by atoms with E-state index < -0.39 is 0 Å². The molecule has 2 heterocycles. The van der Waals surface area contributed by atoms with Crippen LogP contribution in [0, 0.1) is 0 Å². The molecular formula is C9H16N2O. The Balaban J connectivity index is 2.01. The molecule has 2 fully saturated rings. The summed E-state index contributed by atoms with van der Waals surface area (Å²) in [5.74, 6) is 0.319. The number of carbonyl (C=O) groups excluding carboxylic acids is 1. The average Bonchev–Trinajstić information content (AvgIpc) is 2.09. The normalized spacial score (nSPS) is 29.2. The van der Waals surface area contributed by atoms with Crippen molar-refractivity contribution in [1.29, 1.82) is 0 Å². The molecule has 2 aliphatic heterocycles. The number of piperidine rings is 1. The highest BCUT2D eigenvalue weighted by Gasteiger charge is 2.49. The third-order valence-corrected chi connectivity index (χ3v) is 3.48. The summed E-state index contributed by atoms with van der Waals surface area (Å²) in [5.41, 5.74) is 0.254. The van der Waals surface area contributed by atoms with E-state index in [1.807, 2.05) is 11.9 Å². The van der Waals surface area contributed by atoms with Crippen molar-refractivity contribution in [3.63, 3.8) is 0 Å². The Bertz CT molecular complexity index is 207. The van der Waals surface area contributed by atoms with E-state index >= 15 is 0 Å². The maximum atomic E-state index is 11.1. The van der Waals surface area contributed by atoms with Crippen molar-refractivity contribution in [2.45, 2.75) is 24.8 Å². The first kappa shape index (κ1) is 8.05. The third-order valence-electron chi connectivity index (χ3n) is 3.48. The van der Waals surface area contributed by atoms with E-state index in [1.165, 1.54) is 0 Å². The molecule has 2 aliphatic rings. The molecule has 0 aromatic rings. The molecule has 3 nitrogen and oxygen atoms in total. The molecule has 0 aromatic heterocycles. The molecule has 1 spiro atoms. The highest BCUT2D eigenvalue weighted by atomic mass is 16.2. The lowest BCUT2D eigenvalue weighted by molar-refractivity contribution is -0.157. The van der Waals surface area contributed by atoms with Crippen molar-refractivity contribution >= 4 is 5.91 Å². The lowest BCUT2D eigenvalue weighted by atomic mass is 9.76. The molecule has 0 saturated carbocycles. The van der Waals surface area contributed by atoms with E-state index in [1.54, 1.807) is 0 Å². The van der Waals surface area contributed by atoms with Gasteiger partial charge in [-0.15, -0.1) is 0 Å². The topological polar surface area (TPSA) is 23.6 Å². The second-order valence-corrected chi connectivity index (χ2v) is 4.16. The quantitative estimate of drug-likeness (QED) is 0.486. The van der Waals surface area contributed by atoms with Crippen LogP contribution in [0.5, 0.6) is 0 Å². The maximum Gasteiger partial charge on any atom is 0.225 e. The summed E-state index contributed by atoms with van der Waals surface area (Å²) < 4.78 is 0. The molecule has 68 valence electrons. The van der Waals surface area contributed by atoms with Gasteiger partial charge in [-0.05, 0) is 19.9 Å². The zero-order chi connectivity index (χ0) is 8.77. The highest BCUT2D eigenvalue weighted by Crippen LogP contribution is 2.38. The standard InChI is InChI=1S/C9H16N2O/c1-10-5-3-9(4-6-10)7-8(12)11(9)2/h3-7H2,1-2H3. The number of nitrogens with zero attached hydrogens (tertiary/aromatic N) is 2. The predicted molar refractivity (Wildman–Crippen MR) is 46.8 cm³/mol. The van der Waals surface area contributed by atoms with E-state index in [2.05, 4.69) is 11.9 Å². The molecule has 0 unspecified atom stereocenters. The Labute approximate surface area is 73.3 Å². The largest absolute Gasteiger partial charge is 0.339 e. The van der Waals surface area contributed by atoms with Crippen molar-refractivity contribution in [1.82, 2.24) is 9.80 Å². The van der Waals surface area contributed by atoms with E-state index in [4.69, 9.17) is 0 Å². The average molecular weight is 168 g/mol. The summed E-state index contributed by atoms with van der Waals surface area (Å²) in [6.07, 6.45) is 3.11. The van der Waals surface area contributed by atoms with Crippen LogP contribution in [0.2, 0.25) is 0 Å². The first-order valence-corrected chi connectivity index (χ1v) is 4.59. The van der Waals surface area contributed by atoms with Gasteiger partial charge in [0.25, 0.3) is 0 Å². The number of likely N-dealkylation sites (tertiary alicyclic amines) is 2. The molecule has 0 N–H and O–H groups in total. The van der Waals surface area contributed by atoms with Gasteiger partial charge in [-0.1, -0.05) is 0 Å². The number of carbonyl (C=O) groups is 1. The Hall–Kier alpha value is -0.570. The van der Waals surface area contributed by atoms with Crippen LogP contribution in [0.1, 0.15) is 19.3 Å². The van der Waals surface area contributed by atoms with Crippen molar-refractivity contribution in [2.75, 3.05) is 27.2 Å². The number of amides is 1. The minimum Gasteiger partial charge on any atom is -0.339 e. The van der Waals surface area contributed by atoms with Crippen LogP contribution in [-0.4, -0.2) is 48.4 Å². The van der Waals surface area contributed by atoms with Gasteiger partial charge in [-0.2, -0.15) is 0 Å². The molecule has 0 aromatic carbocycles. The Kier molecular flexibility index (Phi) is 1.65. The van der Waals surface area contributed by atoms with Gasteiger partial charge in [0.05, 0.1) is 12.0 Å². The van der Waals surface area contributed by atoms with Gasteiger partial charge in [-0.3, -0.25) is 4.79 Å². The number of hydrogen-bond acceptors (Lipinski definition) is 2. The second kappa shape index (κ2) is 2.46. The molecule has 12 heavy (non-hydrogen) atoms. The van der Waals surface area contributed by atoms with Crippen LogP contribution in [0.4, 0.5) is 0 Å². The molecule has 0 radical (unpaired) electrons. The second-order valence-electron chi connectivity index (χ2n) is 4.16. The number of hydrogen-bond donors (Lipinski definition) is 0. The Morgan fingerprint density at radius 2 is 1.83 bits per heavy atom. The SMILES string of the molecule is CN1CCC2(CC1)CC(=O)N2C. The van der Waals surface area contributed by atoms with Gasteiger partial charge in [-0.25, -0.2) is 0 Å². The molecule has 2 rings (SSSR count). The summed E-state index contributed by atoms with van der Waals surface area (Å²) in [5, 5.41) is 0. The van der Waals surface area contributed by atoms with Crippen LogP contribution in [-0.2, 0) is 4.79 Å². The zero-order valence-electron chi connectivity index (χ0n) is 7.84. The fraction of sp³-hybridized carbons (Fsp3) is 0.889. The minimum atomic E-state index is 0.254. The Morgan fingerprint density at radius 1 is 1.25 bits per heavy atom. The first-order valence-electron chi connectivity index (χ1n) is 4.59. The molecule has 2 saturated heterocycles. The van der Waals surface area contributed by atoms with Gasteiger partial charge in [0.1, 0.15) is 0 Å². The molecular weight excluding hydrogens is 152 g/mol. The smallest absolute Gasteiger partial charge is 0.225 e. The van der Waals surface area contributed by atoms with Crippen LogP contribution in [0.15, 0.2) is 0 Å². The fourth-order valence-electron chi connectivity index (χ4n) is 2.24. The van der Waals surface area contributed by atoms with Gasteiger partial charge >= 0.3 is 0 Å². The lowest BCUT2D eigenvalue weighted by Crippen LogP contribution is -2.65. The van der Waals surface area contributed by atoms with Crippen LogP contribution in [0.3, 0.4) is 0 Å². The molecule has 0 aliphatic carbocycles. The highest BCUT2D eigenvalue weighted by molar-refractivity contribution is 5.84. The minimum absolute atomic E-state index is 0.254. The van der Waals surface area contributed by atoms with Crippen LogP contribution in [0.25, 0.3) is 0 Å². The summed E-state index contributed by atoms with van der Waals surface area (Å²) in [6.45, 7) is 2.27. The third kappa shape index (κ3) is 0.959. The summed E-state index contributed by atoms with van der Waals surface area (Å²) in [7, 11) is 4.09. The molecule has 1 amide bonds. The number of β-lactam (4-membered cyclic amide) rings is 1. The summed E-state index contributed by atoms with van der Waals surface area (Å²) in [4.78, 5) is 15.4. The monoisotopic (exact) mass is 168 g/mol. The van der Waals surface area contributed by atoms with Crippen LogP contribution >= 0.6 is 0 Å². The van der Waals surface area contributed by atoms with Crippen molar-refractivity contribution < 1.29 is 4.79 Å². The predicted octanol–water partition coefficient (Wildman–Crippen LogP) is 0.313. The van der Waals surface area contributed by atoms with E-state index in [9.17, 15) is 4.79 Å². The maximum absolute atomic E-state index is 11.1. The lowest BCUT2D eigenvalue weighted by Gasteiger charge is -2.53. The van der Waals surface area contributed by atoms with Crippen LogP contribution < -0.4 is 0 Å². The molecule has 0 atom stereocenters. The molecule has 0 bridgehead atoms. The van der Waals surface area contributed by atoms with E-state index in [0.29, 0.717) is 5.91 Å². The summed E-state index contributed by atoms with van der Waals surface area (Å²) in [6, 6.07) is 0. The van der Waals surface area contributed by atoms with E-state index in [-0.39, 0.29) is 5.54 Å². The number of rotatable bonds is 0. The van der Waals surface area contributed by atoms with Crippen molar-refractivity contribution in [3.8, 4) is 0 Å². The van der Waals surface area contributed by atoms with Gasteiger partial charge in [0.15, 0.2) is 0 Å². The fourth-order valence-corrected chi connectivity index (χ4v) is 2.24. The summed E-state index contributed by atoms with van der Waals surface area (Å²) >= 11 is 0.